The molecule has 0 unspecified atom stereocenters. The highest BCUT2D eigenvalue weighted by Gasteiger charge is 2.58. The lowest BCUT2D eigenvalue weighted by atomic mass is 10.0. The molecule has 6 nitrogen and oxygen atoms in total. The average Bonchev–Trinajstić information content (AvgIpc) is 2.79. The Balaban J connectivity index is 2.05. The molecule has 3 N–H and O–H groups in total. The lowest BCUT2D eigenvalue weighted by molar-refractivity contribution is -0.143. The van der Waals surface area contributed by atoms with Gasteiger partial charge in [-0.05, 0) is 23.8 Å². The molecule has 0 spiro atoms. The van der Waals surface area contributed by atoms with Crippen LogP contribution in [0, 0.1) is 17.1 Å². The number of aliphatic hydroxyl groups is 1. The second-order valence-electron chi connectivity index (χ2n) is 6.11. The number of fused-ring (bicyclic) bond motifs is 1. The van der Waals surface area contributed by atoms with Gasteiger partial charge >= 0.3 is 5.92 Å². The van der Waals surface area contributed by atoms with Crippen molar-refractivity contribution in [1.29, 1.82) is 5.26 Å². The summed E-state index contributed by atoms with van der Waals surface area (Å²) in [5.74, 6) is -5.18. The number of hydrogen-bond donors (Lipinski definition) is 2. The monoisotopic (exact) mass is 416 g/mol. The molecule has 0 heterocycles. The number of primary sulfonamides is 1. The predicted molar refractivity (Wildman–Crippen MR) is 87.0 cm³/mol. The standard InChI is InChI=1S/C17H12F4N2O4S/c18-10-3-8(6-22)4-11(5-10)27-7-9-1-2-12(28(23,25)26)14-13(9)15(19)17(20,21)16(14)24/h1-5,15-16,24H,7H2,(H2,23,25,26)/t15-,16+/m1/s1. The van der Waals surface area contributed by atoms with Crippen molar-refractivity contribution in [3.63, 3.8) is 0 Å². The molecular formula is C17H12F4N2O4S. The molecule has 1 aliphatic rings. The van der Waals surface area contributed by atoms with Crippen LogP contribution >= 0.6 is 0 Å². The largest absolute Gasteiger partial charge is 0.489 e. The van der Waals surface area contributed by atoms with E-state index in [-0.39, 0.29) is 16.9 Å². The van der Waals surface area contributed by atoms with Crippen LogP contribution in [0.25, 0.3) is 0 Å². The van der Waals surface area contributed by atoms with Gasteiger partial charge in [-0.15, -0.1) is 0 Å². The first-order valence-electron chi connectivity index (χ1n) is 7.68. The van der Waals surface area contributed by atoms with Crippen molar-refractivity contribution in [2.75, 3.05) is 0 Å². The van der Waals surface area contributed by atoms with Gasteiger partial charge in [0.05, 0.1) is 16.5 Å². The second-order valence-corrected chi connectivity index (χ2v) is 7.64. The fraction of sp³-hybridized carbons (Fsp3) is 0.235. The van der Waals surface area contributed by atoms with Gasteiger partial charge in [0.25, 0.3) is 0 Å². The molecule has 2 atom stereocenters. The van der Waals surface area contributed by atoms with E-state index >= 15 is 0 Å². The highest BCUT2D eigenvalue weighted by molar-refractivity contribution is 7.89. The van der Waals surface area contributed by atoms with Crippen LogP contribution in [0.5, 0.6) is 5.75 Å². The number of halogens is 4. The van der Waals surface area contributed by atoms with Crippen LogP contribution in [0.1, 0.15) is 34.5 Å². The quantitative estimate of drug-likeness (QED) is 0.744. The minimum absolute atomic E-state index is 0.0601. The molecule has 1 aliphatic carbocycles. The first kappa shape index (κ1) is 20.1. The lowest BCUT2D eigenvalue weighted by Gasteiger charge is -2.16. The van der Waals surface area contributed by atoms with Gasteiger partial charge in [0, 0.05) is 17.2 Å². The summed E-state index contributed by atoms with van der Waals surface area (Å²) in [5, 5.41) is 23.6. The van der Waals surface area contributed by atoms with Crippen molar-refractivity contribution in [2.24, 2.45) is 5.14 Å². The van der Waals surface area contributed by atoms with Crippen LogP contribution < -0.4 is 9.88 Å². The Bertz CT molecular complexity index is 1100. The smallest absolute Gasteiger partial charge is 0.312 e. The second kappa shape index (κ2) is 6.73. The molecule has 148 valence electrons. The van der Waals surface area contributed by atoms with Crippen LogP contribution in [-0.4, -0.2) is 19.4 Å². The molecule has 0 radical (unpaired) electrons. The highest BCUT2D eigenvalue weighted by atomic mass is 32.2. The summed E-state index contributed by atoms with van der Waals surface area (Å²) in [6.45, 7) is -0.551. The summed E-state index contributed by atoms with van der Waals surface area (Å²) in [5.41, 5.74) is -1.83. The van der Waals surface area contributed by atoms with Crippen LogP contribution in [0.2, 0.25) is 0 Å². The molecule has 0 saturated heterocycles. The van der Waals surface area contributed by atoms with Gasteiger partial charge in [-0.1, -0.05) is 6.07 Å². The molecule has 3 rings (SSSR count). The van der Waals surface area contributed by atoms with E-state index in [0.29, 0.717) is 0 Å². The van der Waals surface area contributed by atoms with E-state index in [4.69, 9.17) is 15.1 Å². The molecule has 0 bridgehead atoms. The summed E-state index contributed by atoms with van der Waals surface area (Å²) in [7, 11) is -4.52. The van der Waals surface area contributed by atoms with Crippen LogP contribution in [0.4, 0.5) is 17.6 Å². The van der Waals surface area contributed by atoms with Gasteiger partial charge in [0.2, 0.25) is 10.0 Å². The van der Waals surface area contributed by atoms with Crippen molar-refractivity contribution in [1.82, 2.24) is 0 Å². The average molecular weight is 416 g/mol. The molecular weight excluding hydrogens is 404 g/mol. The number of ether oxygens (including phenoxy) is 1. The van der Waals surface area contributed by atoms with Crippen LogP contribution in [0.15, 0.2) is 35.2 Å². The number of aliphatic hydroxyl groups excluding tert-OH is 1. The zero-order valence-corrected chi connectivity index (χ0v) is 14.7. The third kappa shape index (κ3) is 3.30. The van der Waals surface area contributed by atoms with Gasteiger partial charge < -0.3 is 9.84 Å². The van der Waals surface area contributed by atoms with Crippen molar-refractivity contribution in [3.8, 4) is 11.8 Å². The van der Waals surface area contributed by atoms with E-state index in [1.165, 1.54) is 6.07 Å². The molecule has 0 saturated carbocycles. The Morgan fingerprint density at radius 1 is 1.25 bits per heavy atom. The first-order chi connectivity index (χ1) is 13.0. The molecule has 0 aliphatic heterocycles. The van der Waals surface area contributed by atoms with Crippen LogP contribution in [-0.2, 0) is 16.6 Å². The molecule has 2 aromatic carbocycles. The number of nitrogens with two attached hydrogens (primary N) is 1. The van der Waals surface area contributed by atoms with Gasteiger partial charge in [0.1, 0.15) is 24.3 Å². The summed E-state index contributed by atoms with van der Waals surface area (Å²) >= 11 is 0. The Labute approximate surface area is 156 Å². The predicted octanol–water partition coefficient (Wildman–Crippen LogP) is 2.62. The SMILES string of the molecule is N#Cc1cc(F)cc(OCc2ccc(S(N)(=O)=O)c3c2[C@@H](F)C(F)(F)[C@H]3O)c1. The molecule has 0 fully saturated rings. The number of alkyl halides is 3. The minimum atomic E-state index is -4.52. The van der Waals surface area contributed by atoms with Crippen molar-refractivity contribution >= 4 is 10.0 Å². The van der Waals surface area contributed by atoms with E-state index in [0.717, 1.165) is 24.3 Å². The van der Waals surface area contributed by atoms with E-state index in [1.54, 1.807) is 6.07 Å². The highest BCUT2D eigenvalue weighted by Crippen LogP contribution is 2.55. The zero-order valence-electron chi connectivity index (χ0n) is 13.9. The van der Waals surface area contributed by atoms with E-state index in [9.17, 15) is 31.1 Å². The maximum Gasteiger partial charge on any atom is 0.312 e. The van der Waals surface area contributed by atoms with Gasteiger partial charge in [-0.25, -0.2) is 22.3 Å². The van der Waals surface area contributed by atoms with Crippen LogP contribution in [0.3, 0.4) is 0 Å². The molecule has 0 amide bonds. The Hall–Kier alpha value is -2.68. The molecule has 2 aromatic rings. The summed E-state index contributed by atoms with van der Waals surface area (Å²) in [6.07, 6.45) is -5.72. The summed E-state index contributed by atoms with van der Waals surface area (Å²) < 4.78 is 84.4. The Morgan fingerprint density at radius 3 is 2.54 bits per heavy atom. The van der Waals surface area contributed by atoms with Crippen molar-refractivity contribution in [3.05, 3.63) is 58.4 Å². The molecule has 0 aromatic heterocycles. The number of rotatable bonds is 4. The molecule has 28 heavy (non-hydrogen) atoms. The zero-order chi connectivity index (χ0) is 20.9. The number of hydrogen-bond acceptors (Lipinski definition) is 5. The first-order valence-corrected chi connectivity index (χ1v) is 9.23. The van der Waals surface area contributed by atoms with Crippen molar-refractivity contribution in [2.45, 2.75) is 29.7 Å². The van der Waals surface area contributed by atoms with Gasteiger partial charge in [0.15, 0.2) is 6.17 Å². The van der Waals surface area contributed by atoms with Crippen molar-refractivity contribution < 1.29 is 35.8 Å². The van der Waals surface area contributed by atoms with E-state index in [1.807, 2.05) is 0 Å². The topological polar surface area (TPSA) is 113 Å². The van der Waals surface area contributed by atoms with Gasteiger partial charge in [-0.3, -0.25) is 0 Å². The summed E-state index contributed by atoms with van der Waals surface area (Å²) in [6, 6.07) is 6.63. The number of nitriles is 1. The molecule has 11 heteroatoms. The maximum absolute atomic E-state index is 14.4. The number of nitrogens with zero attached hydrogens (tertiary/aromatic N) is 1. The fourth-order valence-corrected chi connectivity index (χ4v) is 3.80. The van der Waals surface area contributed by atoms with E-state index in [2.05, 4.69) is 0 Å². The third-order valence-corrected chi connectivity index (χ3v) is 5.24. The lowest BCUT2D eigenvalue weighted by Crippen LogP contribution is -2.25. The number of sulfonamides is 1. The fourth-order valence-electron chi connectivity index (χ4n) is 3.01. The van der Waals surface area contributed by atoms with E-state index < -0.39 is 56.7 Å². The minimum Gasteiger partial charge on any atom is -0.489 e. The van der Waals surface area contributed by atoms with Gasteiger partial charge in [-0.2, -0.15) is 14.0 Å². The third-order valence-electron chi connectivity index (χ3n) is 4.27. The maximum atomic E-state index is 14.4. The normalized spacial score (nSPS) is 20.5. The summed E-state index contributed by atoms with van der Waals surface area (Å²) in [4.78, 5) is -0.823. The Morgan fingerprint density at radius 2 is 1.93 bits per heavy atom. The number of benzene rings is 2. The Kier molecular flexibility index (Phi) is 4.82.